The molecule has 0 fully saturated rings. The van der Waals surface area contributed by atoms with E-state index in [9.17, 15) is 23.6 Å². The zero-order chi connectivity index (χ0) is 16.7. The maximum absolute atomic E-state index is 13.0. The Bertz CT molecular complexity index is 689. The Morgan fingerprint density at radius 2 is 2.00 bits per heavy atom. The number of unbranched alkanes of at least 4 members (excludes halogenated alkanes) is 2. The molecule has 0 unspecified atom stereocenters. The maximum atomic E-state index is 13.0. The number of ether oxygens (including phenoxy) is 1. The topological polar surface area (TPSA) is 98.2 Å². The summed E-state index contributed by atoms with van der Waals surface area (Å²) < 4.78 is 18.5. The number of carbonyl (C=O) groups excluding carboxylic acids is 2. The molecule has 120 valence electrons. The van der Waals surface area contributed by atoms with Crippen LogP contribution in [0.1, 0.15) is 37.4 Å². The molecule has 0 saturated heterocycles. The van der Waals surface area contributed by atoms with Gasteiger partial charge in [-0.3, -0.25) is 14.6 Å². The number of H-pyrrole nitrogens is 1. The summed E-state index contributed by atoms with van der Waals surface area (Å²) in [6, 6.07) is 0. The zero-order valence-electron chi connectivity index (χ0n) is 12.2. The Morgan fingerprint density at radius 3 is 2.64 bits per heavy atom. The molecule has 1 rings (SSSR count). The van der Waals surface area contributed by atoms with Crippen LogP contribution in [0.2, 0.25) is 0 Å². The first-order chi connectivity index (χ1) is 10.3. The van der Waals surface area contributed by atoms with Crippen LogP contribution in [0.15, 0.2) is 27.9 Å². The van der Waals surface area contributed by atoms with Gasteiger partial charge in [0.15, 0.2) is 0 Å². The minimum absolute atomic E-state index is 0.0137. The molecule has 0 aromatic carbocycles. The maximum Gasteiger partial charge on any atom is 0.335 e. The number of carbonyl (C=O) groups is 2. The number of rotatable bonds is 7. The molecule has 1 aromatic rings. The molecule has 22 heavy (non-hydrogen) atoms. The molecular formula is C14H17FN2O5. The fourth-order valence-electron chi connectivity index (χ4n) is 1.60. The van der Waals surface area contributed by atoms with Crippen LogP contribution in [0.4, 0.5) is 4.39 Å². The third-order valence-corrected chi connectivity index (χ3v) is 2.78. The standard InChI is InChI=1S/C14H17FN2O5/c1-9(2)13(20)22-7-5-3-4-6-11(18)17-8-10(15)12(19)16-14(17)21/h8H,1,3-7H2,2H3,(H,16,19,21). The van der Waals surface area contributed by atoms with Gasteiger partial charge in [-0.1, -0.05) is 6.58 Å². The number of hydrogen-bond donors (Lipinski definition) is 1. The van der Waals surface area contributed by atoms with Gasteiger partial charge < -0.3 is 4.74 Å². The molecule has 8 heteroatoms. The molecule has 0 saturated carbocycles. The van der Waals surface area contributed by atoms with Crippen molar-refractivity contribution in [2.75, 3.05) is 6.61 Å². The van der Waals surface area contributed by atoms with Crippen molar-refractivity contribution in [3.63, 3.8) is 0 Å². The average molecular weight is 312 g/mol. The van der Waals surface area contributed by atoms with Crippen LogP contribution < -0.4 is 11.2 Å². The highest BCUT2D eigenvalue weighted by molar-refractivity contribution is 5.86. The molecule has 0 aliphatic carbocycles. The molecule has 0 spiro atoms. The third-order valence-electron chi connectivity index (χ3n) is 2.78. The lowest BCUT2D eigenvalue weighted by Crippen LogP contribution is -2.34. The number of halogens is 1. The third kappa shape index (κ3) is 5.12. The first kappa shape index (κ1) is 17.5. The first-order valence-electron chi connectivity index (χ1n) is 6.70. The van der Waals surface area contributed by atoms with E-state index in [4.69, 9.17) is 4.74 Å². The van der Waals surface area contributed by atoms with Gasteiger partial charge >= 0.3 is 11.7 Å². The van der Waals surface area contributed by atoms with Gasteiger partial charge in [-0.15, -0.1) is 0 Å². The lowest BCUT2D eigenvalue weighted by Gasteiger charge is -2.05. The number of nitrogens with one attached hydrogen (secondary N) is 1. The van der Waals surface area contributed by atoms with Gasteiger partial charge in [0.1, 0.15) is 0 Å². The van der Waals surface area contributed by atoms with E-state index in [2.05, 4.69) is 6.58 Å². The largest absolute Gasteiger partial charge is 0.462 e. The summed E-state index contributed by atoms with van der Waals surface area (Å²) in [5.41, 5.74) is -1.81. The average Bonchev–Trinajstić information content (AvgIpc) is 2.45. The molecule has 7 nitrogen and oxygen atoms in total. The van der Waals surface area contributed by atoms with E-state index >= 15 is 0 Å². The summed E-state index contributed by atoms with van der Waals surface area (Å²) in [6.45, 7) is 5.20. The Labute approximate surface area is 125 Å². The number of hydrogen-bond acceptors (Lipinski definition) is 5. The van der Waals surface area contributed by atoms with Crippen LogP contribution in [-0.2, 0) is 9.53 Å². The molecule has 0 aliphatic heterocycles. The van der Waals surface area contributed by atoms with Gasteiger partial charge in [-0.05, 0) is 26.2 Å². The predicted molar refractivity (Wildman–Crippen MR) is 76.1 cm³/mol. The second kappa shape index (κ2) is 8.06. The highest BCUT2D eigenvalue weighted by Crippen LogP contribution is 2.03. The number of aromatic amines is 1. The molecule has 0 atom stereocenters. The SMILES string of the molecule is C=C(C)C(=O)OCCCCCC(=O)n1cc(F)c(=O)[nH]c1=O. The van der Waals surface area contributed by atoms with Crippen molar-refractivity contribution >= 4 is 11.9 Å². The van der Waals surface area contributed by atoms with Crippen molar-refractivity contribution in [3.8, 4) is 0 Å². The van der Waals surface area contributed by atoms with E-state index in [1.807, 2.05) is 0 Å². The van der Waals surface area contributed by atoms with Crippen molar-refractivity contribution in [3.05, 3.63) is 45.0 Å². The Hall–Kier alpha value is -2.51. The van der Waals surface area contributed by atoms with E-state index in [-0.39, 0.29) is 13.0 Å². The summed E-state index contributed by atoms with van der Waals surface area (Å²) in [4.78, 5) is 46.7. The van der Waals surface area contributed by atoms with Gasteiger partial charge in [0.05, 0.1) is 12.8 Å². The lowest BCUT2D eigenvalue weighted by molar-refractivity contribution is -0.139. The number of nitrogens with zero attached hydrogens (tertiary/aromatic N) is 1. The minimum atomic E-state index is -1.19. The molecule has 0 radical (unpaired) electrons. The Balaban J connectivity index is 2.37. The van der Waals surface area contributed by atoms with E-state index < -0.39 is 28.9 Å². The molecule has 0 aliphatic rings. The predicted octanol–water partition coefficient (Wildman–Crippen LogP) is 0.996. The van der Waals surface area contributed by atoms with Gasteiger partial charge in [0, 0.05) is 12.0 Å². The van der Waals surface area contributed by atoms with Crippen molar-refractivity contribution in [2.24, 2.45) is 0 Å². The Kier molecular flexibility index (Phi) is 6.43. The van der Waals surface area contributed by atoms with E-state index in [1.165, 1.54) is 0 Å². The van der Waals surface area contributed by atoms with Crippen molar-refractivity contribution in [1.29, 1.82) is 0 Å². The molecule has 1 heterocycles. The van der Waals surface area contributed by atoms with E-state index in [0.717, 1.165) is 0 Å². The van der Waals surface area contributed by atoms with Crippen molar-refractivity contribution in [1.82, 2.24) is 9.55 Å². The summed E-state index contributed by atoms with van der Waals surface area (Å²) in [5.74, 6) is -2.27. The van der Waals surface area contributed by atoms with Crippen LogP contribution >= 0.6 is 0 Å². The second-order valence-electron chi connectivity index (χ2n) is 4.73. The highest BCUT2D eigenvalue weighted by atomic mass is 19.1. The first-order valence-corrected chi connectivity index (χ1v) is 6.70. The smallest absolute Gasteiger partial charge is 0.335 e. The second-order valence-corrected chi connectivity index (χ2v) is 4.73. The van der Waals surface area contributed by atoms with Crippen LogP contribution in [0.3, 0.4) is 0 Å². The summed E-state index contributed by atoms with van der Waals surface area (Å²) in [5, 5.41) is 0. The number of esters is 1. The molecule has 1 N–H and O–H groups in total. The van der Waals surface area contributed by atoms with Gasteiger partial charge in [-0.2, -0.15) is 4.39 Å². The molecule has 1 aromatic heterocycles. The fourth-order valence-corrected chi connectivity index (χ4v) is 1.60. The monoisotopic (exact) mass is 312 g/mol. The Morgan fingerprint density at radius 1 is 1.32 bits per heavy atom. The van der Waals surface area contributed by atoms with Crippen LogP contribution in [-0.4, -0.2) is 28.0 Å². The zero-order valence-corrected chi connectivity index (χ0v) is 12.2. The van der Waals surface area contributed by atoms with Crippen LogP contribution in [0.5, 0.6) is 0 Å². The van der Waals surface area contributed by atoms with Crippen LogP contribution in [0, 0.1) is 5.82 Å². The van der Waals surface area contributed by atoms with Crippen molar-refractivity contribution in [2.45, 2.75) is 32.6 Å². The van der Waals surface area contributed by atoms with E-state index in [0.29, 0.717) is 35.6 Å². The van der Waals surface area contributed by atoms with Gasteiger partial charge in [0.25, 0.3) is 5.56 Å². The van der Waals surface area contributed by atoms with Gasteiger partial charge in [-0.25, -0.2) is 14.2 Å². The molecule has 0 bridgehead atoms. The number of aromatic nitrogens is 2. The molecule has 0 amide bonds. The quantitative estimate of drug-likeness (QED) is 0.460. The highest BCUT2D eigenvalue weighted by Gasteiger charge is 2.10. The fraction of sp³-hybridized carbons (Fsp3) is 0.429. The van der Waals surface area contributed by atoms with E-state index in [1.54, 1.807) is 11.9 Å². The summed E-state index contributed by atoms with van der Waals surface area (Å²) in [6.07, 6.45) is 2.19. The summed E-state index contributed by atoms with van der Waals surface area (Å²) in [7, 11) is 0. The minimum Gasteiger partial charge on any atom is -0.462 e. The van der Waals surface area contributed by atoms with Crippen LogP contribution in [0.25, 0.3) is 0 Å². The molecular weight excluding hydrogens is 295 g/mol. The van der Waals surface area contributed by atoms with Crippen molar-refractivity contribution < 1.29 is 18.7 Å². The normalized spacial score (nSPS) is 10.3. The summed E-state index contributed by atoms with van der Waals surface area (Å²) >= 11 is 0. The van der Waals surface area contributed by atoms with Gasteiger partial charge in [0.2, 0.25) is 11.7 Å². The lowest BCUT2D eigenvalue weighted by atomic mass is 10.2.